The van der Waals surface area contributed by atoms with Crippen molar-refractivity contribution >= 4 is 5.97 Å². The number of hydrogen-bond acceptors (Lipinski definition) is 5. The second-order valence-electron chi connectivity index (χ2n) is 3.09. The number of carbonyl (C=O) groups is 1. The minimum absolute atomic E-state index is 0.255. The first-order valence-corrected chi connectivity index (χ1v) is 4.51. The van der Waals surface area contributed by atoms with Crippen molar-refractivity contribution in [2.24, 2.45) is 0 Å². The van der Waals surface area contributed by atoms with Crippen molar-refractivity contribution in [1.82, 2.24) is 4.98 Å². The van der Waals surface area contributed by atoms with Gasteiger partial charge >= 0.3 is 12.3 Å². The third-order valence-electron chi connectivity index (χ3n) is 1.82. The van der Waals surface area contributed by atoms with Gasteiger partial charge in [0, 0.05) is 0 Å². The van der Waals surface area contributed by atoms with Gasteiger partial charge in [-0.05, 0) is 6.07 Å². The molecule has 0 fully saturated rings. The molecule has 0 unspecified atom stereocenters. The number of pyridine rings is 1. The molecule has 0 aromatic carbocycles. The molecule has 0 saturated carbocycles. The van der Waals surface area contributed by atoms with Crippen molar-refractivity contribution < 1.29 is 41.3 Å². The van der Waals surface area contributed by atoms with E-state index < -0.39 is 41.6 Å². The molecule has 0 aliphatic rings. The van der Waals surface area contributed by atoms with Crippen molar-refractivity contribution in [3.8, 4) is 11.6 Å². The quantitative estimate of drug-likeness (QED) is 0.683. The molecule has 0 saturated heterocycles. The second-order valence-corrected chi connectivity index (χ2v) is 3.09. The zero-order chi connectivity index (χ0) is 14.8. The molecule has 1 aromatic rings. The molecule has 0 aliphatic heterocycles. The van der Waals surface area contributed by atoms with Crippen LogP contribution in [0.25, 0.3) is 0 Å². The molecular weight excluding hydrogens is 281 g/mol. The Kier molecular flexibility index (Phi) is 4.12. The van der Waals surface area contributed by atoms with Gasteiger partial charge in [-0.3, -0.25) is 0 Å². The highest BCUT2D eigenvalue weighted by molar-refractivity contribution is 5.89. The summed E-state index contributed by atoms with van der Waals surface area (Å²) in [5.41, 5.74) is -2.14. The van der Waals surface area contributed by atoms with E-state index in [2.05, 4.69) is 14.5 Å². The maximum absolute atomic E-state index is 12.6. The van der Waals surface area contributed by atoms with Gasteiger partial charge in [-0.1, -0.05) is 0 Å². The summed E-state index contributed by atoms with van der Waals surface area (Å²) in [5, 5.41) is 9.11. The minimum atomic E-state index is -5.20. The lowest BCUT2D eigenvalue weighted by Crippen LogP contribution is -2.19. The topological polar surface area (TPSA) is 68.7 Å². The van der Waals surface area contributed by atoms with Crippen LogP contribution >= 0.6 is 0 Å². The number of halogens is 5. The largest absolute Gasteiger partial charge is 0.574 e. The standard InChI is InChI=1S/C9H6F5NO4/c1-18-8(17)5-3(6(10)11)2-4(16)7(15-5)19-9(12,13)14/h2,6,16H,1H3. The van der Waals surface area contributed by atoms with Crippen LogP contribution in [-0.4, -0.2) is 29.5 Å². The van der Waals surface area contributed by atoms with Crippen molar-refractivity contribution in [1.29, 1.82) is 0 Å². The monoisotopic (exact) mass is 287 g/mol. The van der Waals surface area contributed by atoms with E-state index >= 15 is 0 Å². The first-order chi connectivity index (χ1) is 8.65. The van der Waals surface area contributed by atoms with E-state index in [1.807, 2.05) is 0 Å². The van der Waals surface area contributed by atoms with Gasteiger partial charge in [0.05, 0.1) is 12.7 Å². The number of aromatic nitrogens is 1. The normalized spacial score (nSPS) is 11.5. The number of nitrogens with zero attached hydrogens (tertiary/aromatic N) is 1. The van der Waals surface area contributed by atoms with Crippen LogP contribution in [0.3, 0.4) is 0 Å². The van der Waals surface area contributed by atoms with Crippen LogP contribution in [-0.2, 0) is 4.74 Å². The van der Waals surface area contributed by atoms with Gasteiger partial charge in [0.25, 0.3) is 12.3 Å². The average molecular weight is 287 g/mol. The molecule has 1 aromatic heterocycles. The number of ether oxygens (including phenoxy) is 2. The van der Waals surface area contributed by atoms with Crippen LogP contribution in [0.15, 0.2) is 6.07 Å². The molecule has 0 spiro atoms. The summed E-state index contributed by atoms with van der Waals surface area (Å²) in [7, 11) is 0.830. The molecule has 1 heterocycles. The Morgan fingerprint density at radius 3 is 2.42 bits per heavy atom. The van der Waals surface area contributed by atoms with E-state index in [4.69, 9.17) is 5.11 Å². The Morgan fingerprint density at radius 1 is 1.42 bits per heavy atom. The fourth-order valence-corrected chi connectivity index (χ4v) is 1.11. The zero-order valence-corrected chi connectivity index (χ0v) is 9.16. The third kappa shape index (κ3) is 3.66. The predicted octanol–water partition coefficient (Wildman–Crippen LogP) is 2.41. The van der Waals surface area contributed by atoms with Crippen molar-refractivity contribution in [2.75, 3.05) is 7.11 Å². The van der Waals surface area contributed by atoms with Crippen LogP contribution < -0.4 is 4.74 Å². The predicted molar refractivity (Wildman–Crippen MR) is 48.9 cm³/mol. The van der Waals surface area contributed by atoms with Gasteiger partial charge in [0.15, 0.2) is 11.4 Å². The Balaban J connectivity index is 3.34. The van der Waals surface area contributed by atoms with Gasteiger partial charge in [-0.15, -0.1) is 13.2 Å². The van der Waals surface area contributed by atoms with E-state index in [1.54, 1.807) is 0 Å². The average Bonchev–Trinajstić information content (AvgIpc) is 2.28. The summed E-state index contributed by atoms with van der Waals surface area (Å²) >= 11 is 0. The number of carbonyl (C=O) groups excluding carboxylic acids is 1. The number of methoxy groups -OCH3 is 1. The van der Waals surface area contributed by atoms with E-state index in [1.165, 1.54) is 0 Å². The SMILES string of the molecule is COC(=O)c1nc(OC(F)(F)F)c(O)cc1C(F)F. The first kappa shape index (κ1) is 14.9. The number of aromatic hydroxyl groups is 1. The smallest absolute Gasteiger partial charge is 0.503 e. The molecule has 106 valence electrons. The molecule has 19 heavy (non-hydrogen) atoms. The van der Waals surface area contributed by atoms with E-state index in [9.17, 15) is 26.7 Å². The van der Waals surface area contributed by atoms with Crippen LogP contribution in [0.1, 0.15) is 22.5 Å². The summed E-state index contributed by atoms with van der Waals surface area (Å²) in [5.74, 6) is -4.08. The molecule has 5 nitrogen and oxygen atoms in total. The number of rotatable bonds is 3. The summed E-state index contributed by atoms with van der Waals surface area (Å²) in [6.45, 7) is 0. The lowest BCUT2D eigenvalue weighted by atomic mass is 10.2. The fraction of sp³-hybridized carbons (Fsp3) is 0.333. The maximum Gasteiger partial charge on any atom is 0.574 e. The van der Waals surface area contributed by atoms with Crippen LogP contribution in [0.5, 0.6) is 11.6 Å². The van der Waals surface area contributed by atoms with Gasteiger partial charge in [-0.25, -0.2) is 18.6 Å². The van der Waals surface area contributed by atoms with Crippen LogP contribution in [0, 0.1) is 0 Å². The van der Waals surface area contributed by atoms with Crippen molar-refractivity contribution in [3.63, 3.8) is 0 Å². The Morgan fingerprint density at radius 2 is 2.00 bits per heavy atom. The third-order valence-corrected chi connectivity index (χ3v) is 1.82. The molecule has 10 heteroatoms. The van der Waals surface area contributed by atoms with Gasteiger partial charge in [-0.2, -0.15) is 0 Å². The summed E-state index contributed by atoms with van der Waals surface area (Å²) in [4.78, 5) is 14.0. The highest BCUT2D eigenvalue weighted by atomic mass is 19.4. The molecule has 0 amide bonds. The lowest BCUT2D eigenvalue weighted by Gasteiger charge is -2.12. The highest BCUT2D eigenvalue weighted by Crippen LogP contribution is 2.34. The van der Waals surface area contributed by atoms with Crippen molar-refractivity contribution in [3.05, 3.63) is 17.3 Å². The van der Waals surface area contributed by atoms with Crippen LogP contribution in [0.4, 0.5) is 22.0 Å². The second kappa shape index (κ2) is 5.24. The van der Waals surface area contributed by atoms with Crippen LogP contribution in [0.2, 0.25) is 0 Å². The molecular formula is C9H6F5NO4. The summed E-state index contributed by atoms with van der Waals surface area (Å²) in [6.07, 6.45) is -8.45. The molecule has 0 aliphatic carbocycles. The van der Waals surface area contributed by atoms with E-state index in [0.29, 0.717) is 0 Å². The minimum Gasteiger partial charge on any atom is -0.503 e. The van der Waals surface area contributed by atoms with Gasteiger partial charge < -0.3 is 14.6 Å². The van der Waals surface area contributed by atoms with Gasteiger partial charge in [0.1, 0.15) is 0 Å². The fourth-order valence-electron chi connectivity index (χ4n) is 1.11. The van der Waals surface area contributed by atoms with E-state index in [-0.39, 0.29) is 6.07 Å². The Hall–Kier alpha value is -2.13. The molecule has 1 N–H and O–H groups in total. The zero-order valence-electron chi connectivity index (χ0n) is 9.16. The highest BCUT2D eigenvalue weighted by Gasteiger charge is 2.34. The van der Waals surface area contributed by atoms with Gasteiger partial charge in [0.2, 0.25) is 0 Å². The molecule has 0 atom stereocenters. The first-order valence-electron chi connectivity index (χ1n) is 4.51. The molecule has 1 rings (SSSR count). The molecule has 0 radical (unpaired) electrons. The van der Waals surface area contributed by atoms with Crippen molar-refractivity contribution in [2.45, 2.75) is 12.8 Å². The Bertz CT molecular complexity index is 488. The number of alkyl halides is 5. The Labute approximate surface area is 102 Å². The lowest BCUT2D eigenvalue weighted by molar-refractivity contribution is -0.276. The summed E-state index contributed by atoms with van der Waals surface area (Å²) in [6, 6.07) is 0.255. The van der Waals surface area contributed by atoms with E-state index in [0.717, 1.165) is 7.11 Å². The molecule has 0 bridgehead atoms. The number of hydrogen-bond donors (Lipinski definition) is 1. The summed E-state index contributed by atoms with van der Waals surface area (Å²) < 4.78 is 68.4. The maximum atomic E-state index is 12.6. The number of esters is 1.